The van der Waals surface area contributed by atoms with Crippen LogP contribution in [0.3, 0.4) is 0 Å². The van der Waals surface area contributed by atoms with Crippen molar-refractivity contribution < 1.29 is 14.5 Å². The maximum Gasteiger partial charge on any atom is 0.207 e. The molecular formula is C12H16NO2S+. The van der Waals surface area contributed by atoms with Gasteiger partial charge in [-0.3, -0.25) is 9.59 Å². The molecule has 2 unspecified atom stereocenters. The molecular weight excluding hydrogens is 222 g/mol. The monoisotopic (exact) mass is 238 g/mol. The van der Waals surface area contributed by atoms with Gasteiger partial charge in [-0.05, 0) is 11.8 Å². The minimum absolute atomic E-state index is 0.0371. The molecule has 2 aliphatic rings. The number of Topliss-reactive ketones (excluding diaryl/α,β-unsaturated/α-hetero) is 1. The van der Waals surface area contributed by atoms with Gasteiger partial charge in [-0.2, -0.15) is 10.5 Å². The van der Waals surface area contributed by atoms with Gasteiger partial charge in [0.1, 0.15) is 10.6 Å². The van der Waals surface area contributed by atoms with Crippen LogP contribution in [0, 0.1) is 0 Å². The Kier molecular flexibility index (Phi) is 3.21. The largest absolute Gasteiger partial charge is 0.303 e. The Hall–Kier alpha value is -1.00. The molecule has 3 nitrogen and oxygen atoms in total. The van der Waals surface area contributed by atoms with Crippen LogP contribution in [-0.4, -0.2) is 42.0 Å². The number of carbonyl (C=O) groups excluding carboxylic acids is 2. The fourth-order valence-electron chi connectivity index (χ4n) is 2.10. The van der Waals surface area contributed by atoms with Gasteiger partial charge in [-0.25, -0.2) is 0 Å². The maximum atomic E-state index is 12.1. The summed E-state index contributed by atoms with van der Waals surface area (Å²) in [5.41, 5.74) is 1.39. The number of fused-ring (bicyclic) bond motifs is 1. The van der Waals surface area contributed by atoms with Crippen LogP contribution in [0.2, 0.25) is 0 Å². The molecule has 1 aliphatic carbocycles. The number of carbonyl (C=O) groups is 2. The minimum atomic E-state index is -0.0447. The van der Waals surface area contributed by atoms with Crippen LogP contribution < -0.4 is 4.90 Å². The van der Waals surface area contributed by atoms with Crippen LogP contribution >= 0.6 is 10.5 Å². The van der Waals surface area contributed by atoms with Gasteiger partial charge in [0.2, 0.25) is 5.78 Å². The zero-order valence-corrected chi connectivity index (χ0v) is 10.4. The molecule has 4 heteroatoms. The molecule has 0 aromatic heterocycles. The first-order chi connectivity index (χ1) is 7.69. The molecule has 0 bridgehead atoms. The van der Waals surface area contributed by atoms with Gasteiger partial charge in [-0.15, -0.1) is 0 Å². The van der Waals surface area contributed by atoms with Crippen molar-refractivity contribution in [3.8, 4) is 0 Å². The van der Waals surface area contributed by atoms with Gasteiger partial charge in [-0.1, -0.05) is 6.92 Å². The summed E-state index contributed by atoms with van der Waals surface area (Å²) in [6.45, 7) is 3.18. The lowest BCUT2D eigenvalue weighted by Gasteiger charge is -2.28. The molecule has 0 aromatic carbocycles. The van der Waals surface area contributed by atoms with E-state index in [4.69, 9.17) is 0 Å². The van der Waals surface area contributed by atoms with Gasteiger partial charge < -0.3 is 4.90 Å². The van der Waals surface area contributed by atoms with Gasteiger partial charge >= 0.3 is 0 Å². The van der Waals surface area contributed by atoms with Crippen LogP contribution in [0.15, 0.2) is 23.4 Å². The van der Waals surface area contributed by atoms with Gasteiger partial charge in [0, 0.05) is 11.8 Å². The molecule has 16 heavy (non-hydrogen) atoms. The van der Waals surface area contributed by atoms with E-state index >= 15 is 0 Å². The van der Waals surface area contributed by atoms with E-state index in [1.165, 1.54) is 4.90 Å². The Balaban J connectivity index is 2.56. The second-order valence-electron chi connectivity index (χ2n) is 3.99. The highest BCUT2D eigenvalue weighted by Crippen LogP contribution is 2.23. The molecule has 0 spiro atoms. The molecule has 1 aliphatic heterocycles. The van der Waals surface area contributed by atoms with Crippen LogP contribution in [-0.2, 0) is 9.59 Å². The van der Waals surface area contributed by atoms with Crippen molar-refractivity contribution in [3.05, 3.63) is 23.4 Å². The van der Waals surface area contributed by atoms with Crippen LogP contribution in [0.1, 0.15) is 6.92 Å². The lowest BCUT2D eigenvalue weighted by atomic mass is 10.0. The number of quaternary nitrogens is 1. The topological polar surface area (TPSA) is 38.6 Å². The van der Waals surface area contributed by atoms with Crippen LogP contribution in [0.5, 0.6) is 0 Å². The summed E-state index contributed by atoms with van der Waals surface area (Å²) in [5.74, 6) is 2.02. The van der Waals surface area contributed by atoms with E-state index in [1.54, 1.807) is 6.08 Å². The van der Waals surface area contributed by atoms with Gasteiger partial charge in [0.15, 0.2) is 6.29 Å². The fourth-order valence-corrected chi connectivity index (χ4v) is 4.36. The second kappa shape index (κ2) is 4.47. The summed E-state index contributed by atoms with van der Waals surface area (Å²) < 4.78 is 0. The minimum Gasteiger partial charge on any atom is -0.303 e. The molecule has 0 radical (unpaired) electrons. The first kappa shape index (κ1) is 11.5. The van der Waals surface area contributed by atoms with Crippen molar-refractivity contribution in [1.82, 2.24) is 0 Å². The summed E-state index contributed by atoms with van der Waals surface area (Å²) in [4.78, 5) is 25.1. The number of aldehydes is 1. The molecule has 2 atom stereocenters. The van der Waals surface area contributed by atoms with Gasteiger partial charge in [0.05, 0.1) is 19.2 Å². The molecule has 0 saturated heterocycles. The molecule has 1 N–H and O–H groups in total. The molecule has 86 valence electrons. The highest BCUT2D eigenvalue weighted by atomic mass is 32.2. The summed E-state index contributed by atoms with van der Waals surface area (Å²) in [5, 5.41) is 0. The van der Waals surface area contributed by atoms with Crippen molar-refractivity contribution in [2.75, 3.05) is 25.1 Å². The lowest BCUT2D eigenvalue weighted by Crippen LogP contribution is -3.09. The Morgan fingerprint density at radius 1 is 1.50 bits per heavy atom. The normalized spacial score (nSPS) is 29.4. The highest BCUT2D eigenvalue weighted by Gasteiger charge is 2.32. The average molecular weight is 238 g/mol. The van der Waals surface area contributed by atoms with E-state index in [0.29, 0.717) is 11.9 Å². The Morgan fingerprint density at radius 2 is 2.25 bits per heavy atom. The van der Waals surface area contributed by atoms with E-state index in [2.05, 4.69) is 14.0 Å². The second-order valence-corrected chi connectivity index (χ2v) is 6.37. The molecule has 2 rings (SSSR count). The number of allylic oxidation sites excluding steroid dienone is 4. The third-order valence-corrected chi connectivity index (χ3v) is 5.47. The third-order valence-electron chi connectivity index (χ3n) is 3.09. The quantitative estimate of drug-likeness (QED) is 0.403. The third kappa shape index (κ3) is 1.72. The molecule has 1 heterocycles. The Bertz CT molecular complexity index is 446. The fraction of sp³-hybridized carbons (Fsp3) is 0.417. The van der Waals surface area contributed by atoms with Crippen molar-refractivity contribution >= 4 is 27.4 Å². The number of nitrogens with one attached hydrogen (secondary N) is 1. The number of hydrogen-bond donors (Lipinski definition) is 1. The van der Waals surface area contributed by atoms with E-state index in [-0.39, 0.29) is 16.3 Å². The standard InChI is InChI=1S/C12H15NO2S/c1-3-16-7-6-13(2)10-5-4-9(8-14)11(15)12(10)16/h4-5,8H,3,6-7H2,1-2H3/p+1. The summed E-state index contributed by atoms with van der Waals surface area (Å²) >= 11 is 0. The van der Waals surface area contributed by atoms with Crippen molar-refractivity contribution in [1.29, 1.82) is 0 Å². The molecule has 0 fully saturated rings. The summed E-state index contributed by atoms with van der Waals surface area (Å²) in [6.07, 6.45) is 4.26. The summed E-state index contributed by atoms with van der Waals surface area (Å²) in [7, 11) is 2.12. The lowest BCUT2D eigenvalue weighted by molar-refractivity contribution is -0.830. The Labute approximate surface area is 97.7 Å². The Morgan fingerprint density at radius 3 is 2.88 bits per heavy atom. The van der Waals surface area contributed by atoms with Crippen LogP contribution in [0.25, 0.3) is 0 Å². The highest BCUT2D eigenvalue weighted by molar-refractivity contribution is 8.17. The number of hydrogen-bond acceptors (Lipinski definition) is 2. The molecule has 0 saturated carbocycles. The molecule has 0 amide bonds. The van der Waals surface area contributed by atoms with E-state index in [1.807, 2.05) is 6.08 Å². The zero-order chi connectivity index (χ0) is 11.7. The maximum absolute atomic E-state index is 12.1. The van der Waals surface area contributed by atoms with Gasteiger partial charge in [0.25, 0.3) is 0 Å². The smallest absolute Gasteiger partial charge is 0.207 e. The van der Waals surface area contributed by atoms with Crippen LogP contribution in [0.4, 0.5) is 0 Å². The number of ketones is 1. The van der Waals surface area contributed by atoms with Crippen molar-refractivity contribution in [2.45, 2.75) is 6.92 Å². The van der Waals surface area contributed by atoms with Crippen molar-refractivity contribution in [3.63, 3.8) is 0 Å². The predicted octanol–water partition coefficient (Wildman–Crippen LogP) is -0.432. The summed E-state index contributed by atoms with van der Waals surface area (Å²) in [6, 6.07) is 0. The van der Waals surface area contributed by atoms with E-state index in [9.17, 15) is 9.59 Å². The number of rotatable bonds is 2. The van der Waals surface area contributed by atoms with E-state index < -0.39 is 0 Å². The average Bonchev–Trinajstić information content (AvgIpc) is 2.31. The predicted molar refractivity (Wildman–Crippen MR) is 67.0 cm³/mol. The van der Waals surface area contributed by atoms with E-state index in [0.717, 1.165) is 28.6 Å². The SMILES string of the molecule is CCS1=C2C(=O)C(C=O)=CC=C2[NH+](C)CC1. The zero-order valence-electron chi connectivity index (χ0n) is 9.58. The first-order valence-electron chi connectivity index (χ1n) is 5.48. The van der Waals surface area contributed by atoms with Crippen molar-refractivity contribution in [2.24, 2.45) is 0 Å². The molecule has 0 aromatic rings. The first-order valence-corrected chi connectivity index (χ1v) is 7.04.